The van der Waals surface area contributed by atoms with Crippen molar-refractivity contribution in [3.8, 4) is 0 Å². The van der Waals surface area contributed by atoms with E-state index in [0.717, 1.165) is 18.1 Å². The minimum absolute atomic E-state index is 0.610. The van der Waals surface area contributed by atoms with Gasteiger partial charge in [-0.05, 0) is 13.8 Å². The summed E-state index contributed by atoms with van der Waals surface area (Å²) in [6, 6.07) is 1.88. The van der Waals surface area contributed by atoms with Gasteiger partial charge in [-0.15, -0.1) is 0 Å². The van der Waals surface area contributed by atoms with E-state index in [4.69, 9.17) is 5.90 Å². The molecule has 0 atom stereocenters. The van der Waals surface area contributed by atoms with Crippen LogP contribution in [0.25, 0.3) is 6.08 Å². The number of nitrogens with zero attached hydrogens (tertiary/aromatic N) is 3. The summed E-state index contributed by atoms with van der Waals surface area (Å²) >= 11 is 0. The van der Waals surface area contributed by atoms with E-state index in [9.17, 15) is 0 Å². The second kappa shape index (κ2) is 5.31. The average molecular weight is 208 g/mol. The highest BCUT2D eigenvalue weighted by molar-refractivity contribution is 5.51. The van der Waals surface area contributed by atoms with E-state index in [-0.39, 0.29) is 0 Å². The number of hydrogen-bond donors (Lipinski definition) is 1. The molecule has 0 unspecified atom stereocenters. The SMILES string of the molecule is CCN(C)c1cc(/C=C(\C)ON)ncn1. The molecule has 0 fully saturated rings. The van der Waals surface area contributed by atoms with Crippen LogP contribution in [0.15, 0.2) is 18.2 Å². The minimum Gasteiger partial charge on any atom is -0.416 e. The smallest absolute Gasteiger partial charge is 0.132 e. The molecule has 0 bridgehead atoms. The highest BCUT2D eigenvalue weighted by Gasteiger charge is 2.01. The lowest BCUT2D eigenvalue weighted by Gasteiger charge is -2.14. The molecule has 0 spiro atoms. The van der Waals surface area contributed by atoms with Gasteiger partial charge < -0.3 is 9.74 Å². The molecule has 1 heterocycles. The lowest BCUT2D eigenvalue weighted by Crippen LogP contribution is -2.17. The van der Waals surface area contributed by atoms with Crippen molar-refractivity contribution in [2.45, 2.75) is 13.8 Å². The molecule has 5 nitrogen and oxygen atoms in total. The lowest BCUT2D eigenvalue weighted by molar-refractivity contribution is 0.226. The van der Waals surface area contributed by atoms with Gasteiger partial charge >= 0.3 is 0 Å². The van der Waals surface area contributed by atoms with Gasteiger partial charge in [-0.3, -0.25) is 0 Å². The quantitative estimate of drug-likeness (QED) is 0.594. The van der Waals surface area contributed by atoms with Crippen LogP contribution in [0.5, 0.6) is 0 Å². The summed E-state index contributed by atoms with van der Waals surface area (Å²) < 4.78 is 0. The number of hydrogen-bond acceptors (Lipinski definition) is 5. The van der Waals surface area contributed by atoms with E-state index in [2.05, 4.69) is 21.7 Å². The molecule has 0 aliphatic carbocycles. The summed E-state index contributed by atoms with van der Waals surface area (Å²) in [7, 11) is 1.97. The Balaban J connectivity index is 2.92. The predicted octanol–water partition coefficient (Wildman–Crippen LogP) is 1.18. The molecule has 0 amide bonds. The Kier molecular flexibility index (Phi) is 4.05. The summed E-state index contributed by atoms with van der Waals surface area (Å²) in [4.78, 5) is 14.8. The Morgan fingerprint density at radius 3 is 2.93 bits per heavy atom. The number of aromatic nitrogens is 2. The number of allylic oxidation sites excluding steroid dienone is 1. The summed E-state index contributed by atoms with van der Waals surface area (Å²) in [5.74, 6) is 6.51. The molecule has 0 aliphatic heterocycles. The Morgan fingerprint density at radius 1 is 1.60 bits per heavy atom. The summed E-state index contributed by atoms with van der Waals surface area (Å²) in [5, 5.41) is 0. The molecule has 0 aliphatic rings. The Bertz CT molecular complexity index is 351. The van der Waals surface area contributed by atoms with Crippen LogP contribution in [0.2, 0.25) is 0 Å². The summed E-state index contributed by atoms with van der Waals surface area (Å²) in [5.41, 5.74) is 0.781. The first-order valence-corrected chi connectivity index (χ1v) is 4.75. The second-order valence-corrected chi connectivity index (χ2v) is 3.19. The Hall–Kier alpha value is -1.62. The number of nitrogens with two attached hydrogens (primary N) is 1. The third-order valence-electron chi connectivity index (χ3n) is 2.08. The molecular formula is C10H16N4O. The molecule has 2 N–H and O–H groups in total. The van der Waals surface area contributed by atoms with Crippen molar-refractivity contribution in [3.63, 3.8) is 0 Å². The van der Waals surface area contributed by atoms with Crippen molar-refractivity contribution in [2.75, 3.05) is 18.5 Å². The van der Waals surface area contributed by atoms with Crippen LogP contribution in [-0.4, -0.2) is 23.6 Å². The van der Waals surface area contributed by atoms with Crippen LogP contribution in [0.1, 0.15) is 19.5 Å². The monoisotopic (exact) mass is 208 g/mol. The van der Waals surface area contributed by atoms with Gasteiger partial charge in [0.15, 0.2) is 0 Å². The fourth-order valence-electron chi connectivity index (χ4n) is 1.05. The van der Waals surface area contributed by atoms with Crippen LogP contribution < -0.4 is 10.8 Å². The fraction of sp³-hybridized carbons (Fsp3) is 0.400. The van der Waals surface area contributed by atoms with E-state index in [1.807, 2.05) is 18.0 Å². The van der Waals surface area contributed by atoms with Gasteiger partial charge in [0, 0.05) is 25.7 Å². The third-order valence-corrected chi connectivity index (χ3v) is 2.08. The van der Waals surface area contributed by atoms with E-state index in [1.165, 1.54) is 6.33 Å². The zero-order valence-corrected chi connectivity index (χ0v) is 9.27. The van der Waals surface area contributed by atoms with Crippen LogP contribution in [0.4, 0.5) is 5.82 Å². The van der Waals surface area contributed by atoms with Crippen molar-refractivity contribution in [3.05, 3.63) is 23.8 Å². The molecule has 0 radical (unpaired) electrons. The van der Waals surface area contributed by atoms with Crippen LogP contribution in [0.3, 0.4) is 0 Å². The molecule has 1 aromatic rings. The van der Waals surface area contributed by atoms with Crippen molar-refractivity contribution >= 4 is 11.9 Å². The molecule has 0 aromatic carbocycles. The normalized spacial score (nSPS) is 11.3. The molecule has 5 heteroatoms. The number of anilines is 1. The van der Waals surface area contributed by atoms with Gasteiger partial charge in [-0.2, -0.15) is 5.90 Å². The van der Waals surface area contributed by atoms with Crippen LogP contribution in [-0.2, 0) is 4.84 Å². The molecule has 15 heavy (non-hydrogen) atoms. The highest BCUT2D eigenvalue weighted by atomic mass is 16.6. The highest BCUT2D eigenvalue weighted by Crippen LogP contribution is 2.11. The Morgan fingerprint density at radius 2 is 2.33 bits per heavy atom. The first-order valence-electron chi connectivity index (χ1n) is 4.75. The van der Waals surface area contributed by atoms with Gasteiger partial charge in [-0.25, -0.2) is 9.97 Å². The summed E-state index contributed by atoms with van der Waals surface area (Å²) in [6.45, 7) is 4.73. The van der Waals surface area contributed by atoms with E-state index in [1.54, 1.807) is 13.0 Å². The van der Waals surface area contributed by atoms with Gasteiger partial charge in [0.1, 0.15) is 17.9 Å². The van der Waals surface area contributed by atoms with Crippen molar-refractivity contribution in [1.82, 2.24) is 9.97 Å². The van der Waals surface area contributed by atoms with E-state index < -0.39 is 0 Å². The second-order valence-electron chi connectivity index (χ2n) is 3.19. The zero-order chi connectivity index (χ0) is 11.3. The maximum Gasteiger partial charge on any atom is 0.132 e. The first-order chi connectivity index (χ1) is 7.17. The Labute approximate surface area is 89.5 Å². The van der Waals surface area contributed by atoms with Gasteiger partial charge in [0.2, 0.25) is 0 Å². The first kappa shape index (κ1) is 11.5. The molecule has 82 valence electrons. The van der Waals surface area contributed by atoms with Crippen LogP contribution in [0, 0.1) is 0 Å². The molecule has 1 rings (SSSR count). The van der Waals surface area contributed by atoms with Crippen molar-refractivity contribution in [1.29, 1.82) is 0 Å². The molecule has 0 saturated heterocycles. The third kappa shape index (κ3) is 3.21. The van der Waals surface area contributed by atoms with Gasteiger partial charge in [0.25, 0.3) is 0 Å². The average Bonchev–Trinajstić information content (AvgIpc) is 2.28. The van der Waals surface area contributed by atoms with Gasteiger partial charge in [-0.1, -0.05) is 0 Å². The fourth-order valence-corrected chi connectivity index (χ4v) is 1.05. The predicted molar refractivity (Wildman–Crippen MR) is 59.9 cm³/mol. The molecule has 1 aromatic heterocycles. The van der Waals surface area contributed by atoms with E-state index in [0.29, 0.717) is 5.76 Å². The molecular weight excluding hydrogens is 192 g/mol. The maximum atomic E-state index is 5.02. The van der Waals surface area contributed by atoms with E-state index >= 15 is 0 Å². The standard InChI is InChI=1S/C10H16N4O/c1-4-14(3)10-6-9(12-7-13-10)5-8(2)15-11/h5-7H,4,11H2,1-3H3/b8-5+. The minimum atomic E-state index is 0.610. The topological polar surface area (TPSA) is 64.3 Å². The summed E-state index contributed by atoms with van der Waals surface area (Å²) in [6.07, 6.45) is 3.28. The van der Waals surface area contributed by atoms with Gasteiger partial charge in [0.05, 0.1) is 5.69 Å². The van der Waals surface area contributed by atoms with Crippen LogP contribution >= 0.6 is 0 Å². The number of rotatable bonds is 4. The molecule has 0 saturated carbocycles. The maximum absolute atomic E-state index is 5.02. The van der Waals surface area contributed by atoms with Crippen molar-refractivity contribution in [2.24, 2.45) is 5.90 Å². The lowest BCUT2D eigenvalue weighted by atomic mass is 10.3. The largest absolute Gasteiger partial charge is 0.416 e. The zero-order valence-electron chi connectivity index (χ0n) is 9.27. The van der Waals surface area contributed by atoms with Crippen molar-refractivity contribution < 1.29 is 4.84 Å².